The molecule has 0 bridgehead atoms. The zero-order valence-electron chi connectivity index (χ0n) is 5.32. The molecule has 1 N–H and O–H groups in total. The Labute approximate surface area is 59.0 Å². The predicted octanol–water partition coefficient (Wildman–Crippen LogP) is -3.26. The summed E-state index contributed by atoms with van der Waals surface area (Å²) in [6.07, 6.45) is 0. The monoisotopic (exact) mass is 112 g/mol. The van der Waals surface area contributed by atoms with Gasteiger partial charge >= 0.3 is 58.3 Å². The molecule has 0 aliphatic rings. The van der Waals surface area contributed by atoms with Crippen LogP contribution in [0.2, 0.25) is 0 Å². The molecule has 0 saturated carbocycles. The normalized spacial score (nSPS) is 6.78. The van der Waals surface area contributed by atoms with Gasteiger partial charge in [-0.3, -0.25) is 0 Å². The molecule has 0 aliphatic heterocycles. The van der Waals surface area contributed by atoms with Gasteiger partial charge in [-0.1, -0.05) is 0 Å². The van der Waals surface area contributed by atoms with Crippen LogP contribution < -0.4 is 0 Å². The second-order valence-corrected chi connectivity index (χ2v) is 1.34. The first kappa shape index (κ1) is 9.21. The summed E-state index contributed by atoms with van der Waals surface area (Å²) >= 11 is 0. The van der Waals surface area contributed by atoms with Crippen LogP contribution in [0, 0.1) is 0 Å². The molecule has 0 amide bonds. The third-order valence-electron chi connectivity index (χ3n) is 0.665. The molecule has 0 aliphatic carbocycles. The second kappa shape index (κ2) is 8.21. The molecule has 2 nitrogen and oxygen atoms in total. The maximum atomic E-state index is 7.78. The van der Waals surface area contributed by atoms with Crippen LogP contribution in [0.25, 0.3) is 0 Å². The van der Waals surface area contributed by atoms with Crippen molar-refractivity contribution < 1.29 is 10.1 Å². The van der Waals surface area contributed by atoms with Gasteiger partial charge in [-0.25, -0.2) is 0 Å². The fraction of sp³-hybridized carbons (Fsp3) is 0. The van der Waals surface area contributed by atoms with E-state index in [-0.39, 0.29) is 0 Å². The zero-order valence-corrected chi connectivity index (χ0v) is 5.32. The van der Waals surface area contributed by atoms with E-state index in [1.165, 1.54) is 7.00 Å². The van der Waals surface area contributed by atoms with Crippen LogP contribution in [0.1, 0.15) is 0 Å². The molecule has 0 rings (SSSR count). The van der Waals surface area contributed by atoms with Gasteiger partial charge in [-0.15, -0.1) is 0 Å². The summed E-state index contributed by atoms with van der Waals surface area (Å²) in [5.41, 5.74) is 0. The topological polar surface area (TPSA) is 29.5 Å². The van der Waals surface area contributed by atoms with Gasteiger partial charge in [0.1, 0.15) is 0 Å². The van der Waals surface area contributed by atoms with Crippen molar-refractivity contribution in [2.75, 3.05) is 0 Å². The van der Waals surface area contributed by atoms with Gasteiger partial charge in [0.25, 0.3) is 0 Å². The molecule has 0 saturated heterocycles. The van der Waals surface area contributed by atoms with Crippen molar-refractivity contribution in [2.45, 2.75) is 0 Å². The Kier molecular flexibility index (Phi) is 8.41. The van der Waals surface area contributed by atoms with Gasteiger partial charge in [-0.2, -0.15) is 0 Å². The van der Waals surface area contributed by atoms with Gasteiger partial charge in [0.2, 0.25) is 0 Å². The maximum absolute atomic E-state index is 7.78. The van der Waals surface area contributed by atoms with Gasteiger partial charge in [0.05, 0.1) is 0 Å². The number of rotatable bonds is 3. The molecule has 0 atom stereocenters. The van der Waals surface area contributed by atoms with E-state index in [4.69, 9.17) is 5.26 Å². The van der Waals surface area contributed by atoms with Crippen LogP contribution >= 0.6 is 0 Å². The minimum absolute atomic E-state index is 1.18. The molecular weight excluding hydrogens is 108 g/mol. The molecule has 0 radical (unpaired) electrons. The second-order valence-electron chi connectivity index (χ2n) is 1.34. The van der Waals surface area contributed by atoms with Crippen molar-refractivity contribution in [3.63, 3.8) is 0 Å². The molecule has 0 heterocycles. The Hall–Kier alpha value is 0.215. The summed E-state index contributed by atoms with van der Waals surface area (Å²) < 4.78 is 0. The van der Waals surface area contributed by atoms with E-state index in [9.17, 15) is 0 Å². The molecule has 0 aromatic rings. The number of hydrogen-bond donors (Lipinski definition) is 1. The molecular formula is H3B7O2. The van der Waals surface area contributed by atoms with Crippen molar-refractivity contribution >= 4 is 48.2 Å². The molecule has 36 valence electrons. The summed E-state index contributed by atoms with van der Waals surface area (Å²) in [5.74, 6) is 0. The Balaban J connectivity index is 3.35. The third kappa shape index (κ3) is 8.21. The third-order valence-corrected chi connectivity index (χ3v) is 0.665. The van der Waals surface area contributed by atoms with Crippen molar-refractivity contribution in [3.8, 4) is 0 Å². The fourth-order valence-electron chi connectivity index (χ4n) is 0.320. The molecule has 0 fully saturated rings. The average Bonchev–Trinajstić information content (AvgIpc) is 1.89. The van der Waals surface area contributed by atoms with E-state index in [0.717, 1.165) is 0 Å². The van der Waals surface area contributed by atoms with Crippen LogP contribution in [0.5, 0.6) is 0 Å². The minimum atomic E-state index is 1.18. The zero-order chi connectivity index (χ0) is 6.95. The van der Waals surface area contributed by atoms with Crippen molar-refractivity contribution in [1.29, 1.82) is 0 Å². The van der Waals surface area contributed by atoms with Gasteiger partial charge < -0.3 is 0 Å². The summed E-state index contributed by atoms with van der Waals surface area (Å²) in [6.45, 7) is 8.94. The van der Waals surface area contributed by atoms with Crippen LogP contribution in [0.4, 0.5) is 0 Å². The summed E-state index contributed by atoms with van der Waals surface area (Å²) in [6, 6.07) is 0. The standard InChI is InChI=1S/B7H3O2/c1-2-3-4-5-6-7-9-8/h8H,1H2. The molecule has 0 aromatic heterocycles. The van der Waals surface area contributed by atoms with E-state index in [1.54, 1.807) is 13.4 Å². The van der Waals surface area contributed by atoms with E-state index >= 15 is 0 Å². The van der Waals surface area contributed by atoms with Crippen LogP contribution in [-0.2, 0) is 4.81 Å². The Morgan fingerprint density at radius 3 is 2.33 bits per heavy atom. The molecule has 0 spiro atoms. The Morgan fingerprint density at radius 1 is 1.11 bits per heavy atom. The van der Waals surface area contributed by atoms with E-state index < -0.39 is 0 Å². The SMILES string of the molecule is BB=BB=BB=BOO. The van der Waals surface area contributed by atoms with Crippen LogP contribution in [0.3, 0.4) is 0 Å². The number of hydrogen-bond acceptors (Lipinski definition) is 2. The van der Waals surface area contributed by atoms with Crippen molar-refractivity contribution in [1.82, 2.24) is 0 Å². The van der Waals surface area contributed by atoms with Gasteiger partial charge in [0.15, 0.2) is 0 Å². The van der Waals surface area contributed by atoms with Crippen molar-refractivity contribution in [3.05, 3.63) is 0 Å². The molecule has 0 aromatic carbocycles. The fourth-order valence-corrected chi connectivity index (χ4v) is 0.320. The Bertz CT molecular complexity index is 123. The molecule has 9 heteroatoms. The van der Waals surface area contributed by atoms with E-state index in [0.29, 0.717) is 0 Å². The first-order chi connectivity index (χ1) is 4.41. The predicted molar refractivity (Wildman–Crippen MR) is 46.8 cm³/mol. The van der Waals surface area contributed by atoms with Crippen molar-refractivity contribution in [2.24, 2.45) is 0 Å². The molecule has 9 heavy (non-hydrogen) atoms. The summed E-state index contributed by atoms with van der Waals surface area (Å²) in [4.78, 5) is 3.67. The first-order valence-electron chi connectivity index (χ1n) is 2.66. The molecule has 0 unspecified atom stereocenters. The quantitative estimate of drug-likeness (QED) is 0.235. The first-order valence-corrected chi connectivity index (χ1v) is 2.66. The van der Waals surface area contributed by atoms with E-state index in [2.05, 4.69) is 4.81 Å². The van der Waals surface area contributed by atoms with E-state index in [1.807, 2.05) is 27.8 Å². The summed E-state index contributed by atoms with van der Waals surface area (Å²) in [7, 11) is 3.11. The summed E-state index contributed by atoms with van der Waals surface area (Å²) in [5, 5.41) is 7.78. The van der Waals surface area contributed by atoms with Gasteiger partial charge in [0, 0.05) is 0 Å². The van der Waals surface area contributed by atoms with Crippen LogP contribution in [0.15, 0.2) is 0 Å². The van der Waals surface area contributed by atoms with Crippen LogP contribution in [-0.4, -0.2) is 53.5 Å². The Morgan fingerprint density at radius 2 is 1.78 bits per heavy atom. The average molecular weight is 111 g/mol. The van der Waals surface area contributed by atoms with Gasteiger partial charge in [-0.05, 0) is 0 Å².